The first-order valence-corrected chi connectivity index (χ1v) is 11.4. The fraction of sp³-hybridized carbons (Fsp3) is 0.409. The van der Waals surface area contributed by atoms with E-state index < -0.39 is 0 Å². The Morgan fingerprint density at radius 2 is 1.47 bits per heavy atom. The van der Waals surface area contributed by atoms with Crippen LogP contribution in [-0.2, 0) is 4.79 Å². The van der Waals surface area contributed by atoms with Crippen molar-refractivity contribution in [3.8, 4) is 5.13 Å². The summed E-state index contributed by atoms with van der Waals surface area (Å²) >= 11 is 1.60. The summed E-state index contributed by atoms with van der Waals surface area (Å²) in [5, 5.41) is 10.5. The molecule has 1 amide bonds. The van der Waals surface area contributed by atoms with E-state index in [1.54, 1.807) is 11.3 Å². The highest BCUT2D eigenvalue weighted by molar-refractivity contribution is 7.17. The molecule has 30 heavy (non-hydrogen) atoms. The van der Waals surface area contributed by atoms with Crippen LogP contribution in [0.1, 0.15) is 12.8 Å². The van der Waals surface area contributed by atoms with Crippen LogP contribution in [0.25, 0.3) is 5.13 Å². The molecular formula is C22H26N6OS. The van der Waals surface area contributed by atoms with Crippen molar-refractivity contribution in [2.75, 3.05) is 49.1 Å². The number of benzene rings is 1. The van der Waals surface area contributed by atoms with Crippen molar-refractivity contribution in [1.29, 1.82) is 0 Å². The number of para-hydroxylation sites is 1. The second-order valence-corrected chi connectivity index (χ2v) is 8.80. The Balaban J connectivity index is 1.13. The largest absolute Gasteiger partial charge is 0.368 e. The summed E-state index contributed by atoms with van der Waals surface area (Å²) in [4.78, 5) is 19.8. The van der Waals surface area contributed by atoms with Crippen molar-refractivity contribution < 1.29 is 4.79 Å². The molecule has 5 rings (SSSR count). The van der Waals surface area contributed by atoms with E-state index in [0.29, 0.717) is 5.91 Å². The van der Waals surface area contributed by atoms with Gasteiger partial charge in [-0.3, -0.25) is 9.36 Å². The van der Waals surface area contributed by atoms with Crippen LogP contribution >= 0.6 is 11.3 Å². The molecule has 0 radical (unpaired) electrons. The molecule has 0 bridgehead atoms. The highest BCUT2D eigenvalue weighted by atomic mass is 32.1. The summed E-state index contributed by atoms with van der Waals surface area (Å²) < 4.78 is 1.98. The molecule has 0 atom stereocenters. The number of hydrogen-bond donors (Lipinski definition) is 0. The number of rotatable bonds is 4. The number of piperazine rings is 1. The lowest BCUT2D eigenvalue weighted by atomic mass is 9.95. The number of aromatic nitrogens is 3. The maximum absolute atomic E-state index is 13.1. The number of hydrogen-bond acceptors (Lipinski definition) is 6. The van der Waals surface area contributed by atoms with Crippen LogP contribution in [0.3, 0.4) is 0 Å². The Hall–Kier alpha value is -2.87. The number of nitrogens with zero attached hydrogens (tertiary/aromatic N) is 6. The number of carbonyl (C=O) groups excluding carboxylic acids is 1. The molecule has 2 saturated heterocycles. The molecule has 0 aliphatic carbocycles. The molecule has 0 spiro atoms. The molecule has 8 heteroatoms. The monoisotopic (exact) mass is 422 g/mol. The van der Waals surface area contributed by atoms with Crippen LogP contribution in [0.4, 0.5) is 10.8 Å². The molecule has 2 aliphatic heterocycles. The number of piperidine rings is 1. The smallest absolute Gasteiger partial charge is 0.225 e. The van der Waals surface area contributed by atoms with Gasteiger partial charge in [-0.1, -0.05) is 29.5 Å². The second kappa shape index (κ2) is 8.47. The minimum absolute atomic E-state index is 0.126. The van der Waals surface area contributed by atoms with E-state index in [2.05, 4.69) is 49.2 Å². The van der Waals surface area contributed by atoms with Gasteiger partial charge in [0.05, 0.1) is 0 Å². The lowest BCUT2D eigenvalue weighted by Gasteiger charge is -2.39. The van der Waals surface area contributed by atoms with E-state index in [-0.39, 0.29) is 5.92 Å². The standard InChI is InChI=1S/C22H26N6OS/c29-20(26-16-14-25(15-17-26)19-6-2-1-3-7-19)18-8-12-28(13-9-18)22-24-23-21(30-22)27-10-4-5-11-27/h1-7,10-11,18H,8-9,12-17H2. The maximum atomic E-state index is 13.1. The van der Waals surface area contributed by atoms with Crippen LogP contribution in [0.5, 0.6) is 0 Å². The lowest BCUT2D eigenvalue weighted by molar-refractivity contribution is -0.136. The highest BCUT2D eigenvalue weighted by Crippen LogP contribution is 2.29. The molecule has 156 valence electrons. The third-order valence-electron chi connectivity index (χ3n) is 6.06. The number of carbonyl (C=O) groups is 1. The summed E-state index contributed by atoms with van der Waals surface area (Å²) in [6.45, 7) is 5.15. The average Bonchev–Trinajstić information content (AvgIpc) is 3.52. The van der Waals surface area contributed by atoms with E-state index >= 15 is 0 Å². The van der Waals surface area contributed by atoms with Crippen molar-refractivity contribution in [3.05, 3.63) is 54.9 Å². The molecule has 4 heterocycles. The molecule has 0 unspecified atom stereocenters. The summed E-state index contributed by atoms with van der Waals surface area (Å²) in [5.41, 5.74) is 1.24. The first-order chi connectivity index (χ1) is 14.8. The van der Waals surface area contributed by atoms with E-state index in [9.17, 15) is 4.79 Å². The number of anilines is 2. The van der Waals surface area contributed by atoms with Gasteiger partial charge in [0.1, 0.15) is 0 Å². The molecule has 2 aliphatic rings. The Labute approximate surface area is 180 Å². The van der Waals surface area contributed by atoms with Gasteiger partial charge in [0, 0.05) is 63.3 Å². The Kier molecular flexibility index (Phi) is 5.40. The predicted octanol–water partition coefficient (Wildman–Crippen LogP) is 2.89. The van der Waals surface area contributed by atoms with Gasteiger partial charge in [-0.25, -0.2) is 0 Å². The SMILES string of the molecule is O=C(C1CCN(c2nnc(-n3cccc3)s2)CC1)N1CCN(c2ccccc2)CC1. The topological polar surface area (TPSA) is 57.5 Å². The molecule has 7 nitrogen and oxygen atoms in total. The van der Waals surface area contributed by atoms with Crippen LogP contribution in [0, 0.1) is 5.92 Å². The summed E-state index contributed by atoms with van der Waals surface area (Å²) in [5.74, 6) is 0.453. The zero-order chi connectivity index (χ0) is 20.3. The normalized spacial score (nSPS) is 18.1. The second-order valence-electron chi connectivity index (χ2n) is 7.87. The van der Waals surface area contributed by atoms with Crippen LogP contribution < -0.4 is 9.80 Å². The number of amides is 1. The molecule has 1 aromatic carbocycles. The Bertz CT molecular complexity index is 957. The molecular weight excluding hydrogens is 396 g/mol. The van der Waals surface area contributed by atoms with Gasteiger partial charge >= 0.3 is 0 Å². The first-order valence-electron chi connectivity index (χ1n) is 10.6. The molecule has 3 aromatic rings. The molecule has 2 aromatic heterocycles. The van der Waals surface area contributed by atoms with Crippen LogP contribution in [-0.4, -0.2) is 64.8 Å². The minimum Gasteiger partial charge on any atom is -0.368 e. The third-order valence-corrected chi connectivity index (χ3v) is 7.05. The van der Waals surface area contributed by atoms with Crippen molar-refractivity contribution in [3.63, 3.8) is 0 Å². The van der Waals surface area contributed by atoms with Crippen LogP contribution in [0.15, 0.2) is 54.9 Å². The van der Waals surface area contributed by atoms with Gasteiger partial charge < -0.3 is 14.7 Å². The first kappa shape index (κ1) is 19.1. The Morgan fingerprint density at radius 3 is 2.17 bits per heavy atom. The highest BCUT2D eigenvalue weighted by Gasteiger charge is 2.31. The zero-order valence-electron chi connectivity index (χ0n) is 16.9. The average molecular weight is 423 g/mol. The van der Waals surface area contributed by atoms with Gasteiger partial charge in [0.15, 0.2) is 0 Å². The van der Waals surface area contributed by atoms with Gasteiger partial charge in [-0.05, 0) is 37.1 Å². The van der Waals surface area contributed by atoms with Gasteiger partial charge in [0.25, 0.3) is 0 Å². The van der Waals surface area contributed by atoms with E-state index in [4.69, 9.17) is 0 Å². The van der Waals surface area contributed by atoms with Gasteiger partial charge in [0.2, 0.25) is 16.2 Å². The van der Waals surface area contributed by atoms with E-state index in [1.807, 2.05) is 35.2 Å². The Morgan fingerprint density at radius 1 is 0.800 bits per heavy atom. The molecule has 0 N–H and O–H groups in total. The predicted molar refractivity (Wildman–Crippen MR) is 119 cm³/mol. The zero-order valence-corrected chi connectivity index (χ0v) is 17.7. The van der Waals surface area contributed by atoms with Crippen molar-refractivity contribution >= 4 is 28.1 Å². The van der Waals surface area contributed by atoms with E-state index in [1.165, 1.54) is 5.69 Å². The molecule has 2 fully saturated rings. The lowest BCUT2D eigenvalue weighted by Crippen LogP contribution is -2.51. The van der Waals surface area contributed by atoms with Crippen molar-refractivity contribution in [1.82, 2.24) is 19.7 Å². The maximum Gasteiger partial charge on any atom is 0.225 e. The van der Waals surface area contributed by atoms with Crippen molar-refractivity contribution in [2.24, 2.45) is 5.92 Å². The van der Waals surface area contributed by atoms with E-state index in [0.717, 1.165) is 62.4 Å². The van der Waals surface area contributed by atoms with Crippen molar-refractivity contribution in [2.45, 2.75) is 12.8 Å². The van der Waals surface area contributed by atoms with Gasteiger partial charge in [-0.15, -0.1) is 10.2 Å². The fourth-order valence-corrected chi connectivity index (χ4v) is 5.17. The fourth-order valence-electron chi connectivity index (χ4n) is 4.30. The summed E-state index contributed by atoms with van der Waals surface area (Å²) in [6, 6.07) is 14.4. The minimum atomic E-state index is 0.126. The molecule has 0 saturated carbocycles. The third kappa shape index (κ3) is 3.92. The quantitative estimate of drug-likeness (QED) is 0.647. The van der Waals surface area contributed by atoms with Gasteiger partial charge in [-0.2, -0.15) is 0 Å². The summed E-state index contributed by atoms with van der Waals surface area (Å²) in [6.07, 6.45) is 5.73. The summed E-state index contributed by atoms with van der Waals surface area (Å²) in [7, 11) is 0. The van der Waals surface area contributed by atoms with Crippen LogP contribution in [0.2, 0.25) is 0 Å².